The Balaban J connectivity index is 1.55. The number of rotatable bonds is 4. The third kappa shape index (κ3) is 3.02. The van der Waals surface area contributed by atoms with Gasteiger partial charge in [-0.15, -0.1) is 0 Å². The van der Waals surface area contributed by atoms with Crippen LogP contribution in [0, 0.1) is 11.8 Å². The fourth-order valence-corrected chi connectivity index (χ4v) is 3.28. The number of hydrogen-bond donors (Lipinski definition) is 1. The van der Waals surface area contributed by atoms with Crippen LogP contribution in [-0.4, -0.2) is 29.9 Å². The van der Waals surface area contributed by atoms with E-state index >= 15 is 0 Å². The molecule has 3 atom stereocenters. The first kappa shape index (κ1) is 15.1. The molecule has 22 heavy (non-hydrogen) atoms. The summed E-state index contributed by atoms with van der Waals surface area (Å²) >= 11 is 0. The van der Waals surface area contributed by atoms with Crippen molar-refractivity contribution in [3.05, 3.63) is 48.0 Å². The molecule has 2 aliphatic rings. The molecule has 1 aromatic carbocycles. The van der Waals surface area contributed by atoms with Gasteiger partial charge < -0.3 is 5.32 Å². The molecule has 1 aliphatic heterocycles. The van der Waals surface area contributed by atoms with E-state index in [2.05, 4.69) is 16.8 Å². The van der Waals surface area contributed by atoms with E-state index in [9.17, 15) is 18.0 Å². The van der Waals surface area contributed by atoms with Crippen LogP contribution in [0.15, 0.2) is 36.9 Å². The normalized spacial score (nSPS) is 27.3. The molecule has 6 heteroatoms. The lowest BCUT2D eigenvalue weighted by Crippen LogP contribution is -2.33. The number of hydrogen-bond acceptors (Lipinski definition) is 2. The Morgan fingerprint density at radius 3 is 2.64 bits per heavy atom. The minimum Gasteiger partial charge on any atom is -0.349 e. The maximum absolute atomic E-state index is 12.7. The van der Waals surface area contributed by atoms with Gasteiger partial charge in [0.1, 0.15) is 0 Å². The van der Waals surface area contributed by atoms with Crippen LogP contribution < -0.4 is 5.32 Å². The van der Waals surface area contributed by atoms with Crippen LogP contribution in [0.1, 0.15) is 11.1 Å². The smallest absolute Gasteiger partial charge is 0.349 e. The first-order valence-electron chi connectivity index (χ1n) is 7.20. The van der Waals surface area contributed by atoms with Crippen LogP contribution in [-0.2, 0) is 17.5 Å². The van der Waals surface area contributed by atoms with Gasteiger partial charge in [-0.3, -0.25) is 9.69 Å². The highest BCUT2D eigenvalue weighted by molar-refractivity contribution is 5.87. The third-order valence-electron chi connectivity index (χ3n) is 4.42. The number of fused-ring (bicyclic) bond motifs is 1. The highest BCUT2D eigenvalue weighted by Crippen LogP contribution is 2.45. The van der Waals surface area contributed by atoms with Crippen molar-refractivity contribution in [3.8, 4) is 0 Å². The van der Waals surface area contributed by atoms with E-state index in [1.807, 2.05) is 0 Å². The Morgan fingerprint density at radius 2 is 2.05 bits per heavy atom. The van der Waals surface area contributed by atoms with Gasteiger partial charge >= 0.3 is 6.18 Å². The van der Waals surface area contributed by atoms with Crippen LogP contribution in [0.4, 0.5) is 13.2 Å². The number of carbonyl (C=O) groups is 1. The number of halogens is 3. The lowest BCUT2D eigenvalue weighted by atomic mass is 10.1. The molecule has 2 fully saturated rings. The lowest BCUT2D eigenvalue weighted by Gasteiger charge is -2.20. The van der Waals surface area contributed by atoms with E-state index in [0.29, 0.717) is 23.9 Å². The summed E-state index contributed by atoms with van der Waals surface area (Å²) in [5.74, 6) is 0.660. The van der Waals surface area contributed by atoms with Crippen LogP contribution in [0.25, 0.3) is 0 Å². The summed E-state index contributed by atoms with van der Waals surface area (Å²) in [5.41, 5.74) is 0.0632. The summed E-state index contributed by atoms with van der Waals surface area (Å²) in [4.78, 5) is 13.4. The van der Waals surface area contributed by atoms with Crippen molar-refractivity contribution >= 4 is 5.91 Å². The molecule has 1 saturated heterocycles. The summed E-state index contributed by atoms with van der Waals surface area (Å²) in [6, 6.07) is 5.66. The number of likely N-dealkylation sites (tertiary alicyclic amines) is 1. The molecule has 0 spiro atoms. The van der Waals surface area contributed by atoms with Crippen molar-refractivity contribution < 1.29 is 18.0 Å². The van der Waals surface area contributed by atoms with Gasteiger partial charge in [-0.2, -0.15) is 13.2 Å². The standard InChI is InChI=1S/C16H17F3N2O/c1-2-14(22)20-15-12-8-21(9-13(12)15)7-10-4-3-5-11(6-10)16(17,18)19/h2-6,12-13,15H,1,7-9H2,(H,20,22)/t12-,13+,15?. The van der Waals surface area contributed by atoms with E-state index in [4.69, 9.17) is 0 Å². The molecule has 1 aromatic rings. The Morgan fingerprint density at radius 1 is 1.36 bits per heavy atom. The van der Waals surface area contributed by atoms with Gasteiger partial charge in [0.2, 0.25) is 5.91 Å². The average Bonchev–Trinajstić information content (AvgIpc) is 2.91. The van der Waals surface area contributed by atoms with Crippen molar-refractivity contribution in [1.82, 2.24) is 10.2 Å². The van der Waals surface area contributed by atoms with Gasteiger partial charge in [0.15, 0.2) is 0 Å². The molecule has 1 aliphatic carbocycles. The molecule has 0 radical (unpaired) electrons. The van der Waals surface area contributed by atoms with Crippen molar-refractivity contribution in [1.29, 1.82) is 0 Å². The molecule has 3 rings (SSSR count). The summed E-state index contributed by atoms with van der Waals surface area (Å²) in [6.45, 7) is 5.55. The molecular formula is C16H17F3N2O. The molecule has 1 amide bonds. The fraction of sp³-hybridized carbons (Fsp3) is 0.438. The number of alkyl halides is 3. The fourth-order valence-electron chi connectivity index (χ4n) is 3.28. The third-order valence-corrected chi connectivity index (χ3v) is 4.42. The largest absolute Gasteiger partial charge is 0.416 e. The molecule has 1 heterocycles. The topological polar surface area (TPSA) is 32.3 Å². The quantitative estimate of drug-likeness (QED) is 0.866. The minimum absolute atomic E-state index is 0.163. The van der Waals surface area contributed by atoms with Crippen LogP contribution in [0.3, 0.4) is 0 Å². The van der Waals surface area contributed by atoms with Gasteiger partial charge in [-0.25, -0.2) is 0 Å². The Bertz CT molecular complexity index is 587. The SMILES string of the molecule is C=CC(=O)NC1[C@H]2CN(Cc3cccc(C(F)(F)F)c3)C[C@@H]12. The highest BCUT2D eigenvalue weighted by Gasteiger charge is 2.56. The lowest BCUT2D eigenvalue weighted by molar-refractivity contribution is -0.137. The monoisotopic (exact) mass is 310 g/mol. The number of nitrogens with one attached hydrogen (secondary N) is 1. The second-order valence-electron chi connectivity index (χ2n) is 5.96. The van der Waals surface area contributed by atoms with E-state index in [0.717, 1.165) is 19.2 Å². The van der Waals surface area contributed by atoms with Crippen LogP contribution in [0.5, 0.6) is 0 Å². The Labute approximate surface area is 126 Å². The maximum atomic E-state index is 12.7. The number of nitrogens with zero attached hydrogens (tertiary/aromatic N) is 1. The molecule has 0 bridgehead atoms. The highest BCUT2D eigenvalue weighted by atomic mass is 19.4. The average molecular weight is 310 g/mol. The van der Waals surface area contributed by atoms with Crippen molar-refractivity contribution in [2.75, 3.05) is 13.1 Å². The molecular weight excluding hydrogens is 293 g/mol. The van der Waals surface area contributed by atoms with Crippen LogP contribution in [0.2, 0.25) is 0 Å². The second kappa shape index (κ2) is 5.43. The van der Waals surface area contributed by atoms with Crippen LogP contribution >= 0.6 is 0 Å². The molecule has 1 unspecified atom stereocenters. The van der Waals surface area contributed by atoms with Crippen molar-refractivity contribution in [2.45, 2.75) is 18.8 Å². The number of benzene rings is 1. The minimum atomic E-state index is -4.30. The Kier molecular flexibility index (Phi) is 3.72. The molecule has 3 nitrogen and oxygen atoms in total. The number of amides is 1. The van der Waals surface area contributed by atoms with Gasteiger partial charge in [0.05, 0.1) is 5.56 Å². The maximum Gasteiger partial charge on any atom is 0.416 e. The molecule has 118 valence electrons. The van der Waals surface area contributed by atoms with E-state index in [-0.39, 0.29) is 11.9 Å². The number of carbonyl (C=O) groups excluding carboxylic acids is 1. The summed E-state index contributed by atoms with van der Waals surface area (Å²) in [6.07, 6.45) is -3.04. The zero-order chi connectivity index (χ0) is 15.9. The predicted octanol–water partition coefficient (Wildman–Crippen LogP) is 2.44. The zero-order valence-electron chi connectivity index (χ0n) is 11.9. The first-order chi connectivity index (χ1) is 10.4. The van der Waals surface area contributed by atoms with Gasteiger partial charge in [-0.1, -0.05) is 24.8 Å². The van der Waals surface area contributed by atoms with Crippen molar-refractivity contribution in [2.24, 2.45) is 11.8 Å². The summed E-state index contributed by atoms with van der Waals surface area (Å²) in [7, 11) is 0. The first-order valence-corrected chi connectivity index (χ1v) is 7.20. The predicted molar refractivity (Wildman–Crippen MR) is 75.8 cm³/mol. The van der Waals surface area contributed by atoms with E-state index in [1.54, 1.807) is 6.07 Å². The summed E-state index contributed by atoms with van der Waals surface area (Å²) in [5, 5.41) is 2.89. The number of piperidine rings is 1. The Hall–Kier alpha value is -1.82. The zero-order valence-corrected chi connectivity index (χ0v) is 11.9. The van der Waals surface area contributed by atoms with Crippen molar-refractivity contribution in [3.63, 3.8) is 0 Å². The van der Waals surface area contributed by atoms with E-state index in [1.165, 1.54) is 18.2 Å². The van der Waals surface area contributed by atoms with E-state index < -0.39 is 11.7 Å². The molecule has 1 saturated carbocycles. The van der Waals surface area contributed by atoms with Gasteiger partial charge in [-0.05, 0) is 29.5 Å². The van der Waals surface area contributed by atoms with Gasteiger partial charge in [0.25, 0.3) is 0 Å². The van der Waals surface area contributed by atoms with Gasteiger partial charge in [0, 0.05) is 25.7 Å². The second-order valence-corrected chi connectivity index (χ2v) is 5.96. The molecule has 1 N–H and O–H groups in total. The summed E-state index contributed by atoms with van der Waals surface area (Å²) < 4.78 is 38.1. The molecule has 0 aromatic heterocycles.